The summed E-state index contributed by atoms with van der Waals surface area (Å²) in [7, 11) is 0. The Morgan fingerprint density at radius 3 is 2.72 bits per heavy atom. The van der Waals surface area contributed by atoms with Crippen molar-refractivity contribution in [2.24, 2.45) is 0 Å². The number of hydrogen-bond donors (Lipinski definition) is 1. The molecule has 7 heteroatoms. The molecule has 5 nitrogen and oxygen atoms in total. The molecule has 1 atom stereocenters. The maximum atomic E-state index is 12.4. The van der Waals surface area contributed by atoms with Crippen molar-refractivity contribution < 1.29 is 18.7 Å². The van der Waals surface area contributed by atoms with Gasteiger partial charge in [0.1, 0.15) is 5.58 Å². The molecule has 1 N–H and O–H groups in total. The average molecular weight is 432 g/mol. The Hall–Kier alpha value is -2.50. The normalized spacial score (nSPS) is 13.9. The molecule has 0 fully saturated rings. The van der Waals surface area contributed by atoms with Crippen LogP contribution in [0.15, 0.2) is 41.0 Å². The van der Waals surface area contributed by atoms with Crippen molar-refractivity contribution in [1.82, 2.24) is 0 Å². The first-order valence-electron chi connectivity index (χ1n) is 9.38. The van der Waals surface area contributed by atoms with E-state index in [4.69, 9.17) is 32.4 Å². The second-order valence-corrected chi connectivity index (χ2v) is 8.00. The molecule has 4 rings (SSSR count). The molecule has 0 bridgehead atoms. The Labute approximate surface area is 177 Å². The first-order chi connectivity index (χ1) is 13.9. The topological polar surface area (TPSA) is 68.5 Å². The molecular formula is C22H19Cl2NO4. The van der Waals surface area contributed by atoms with Crippen LogP contribution in [-0.2, 0) is 33.6 Å². The second-order valence-electron chi connectivity index (χ2n) is 7.15. The zero-order chi connectivity index (χ0) is 20.5. The summed E-state index contributed by atoms with van der Waals surface area (Å²) in [4.78, 5) is 24.7. The predicted molar refractivity (Wildman–Crippen MR) is 113 cm³/mol. The number of ether oxygens (including phenoxy) is 1. The lowest BCUT2D eigenvalue weighted by Crippen LogP contribution is -2.30. The summed E-state index contributed by atoms with van der Waals surface area (Å²) in [6, 6.07) is 8.88. The van der Waals surface area contributed by atoms with Gasteiger partial charge in [-0.2, -0.15) is 0 Å². The van der Waals surface area contributed by atoms with Crippen LogP contribution in [0.25, 0.3) is 11.0 Å². The van der Waals surface area contributed by atoms with Gasteiger partial charge >= 0.3 is 5.97 Å². The van der Waals surface area contributed by atoms with Crippen molar-refractivity contribution >= 4 is 51.7 Å². The van der Waals surface area contributed by atoms with Gasteiger partial charge in [0.25, 0.3) is 5.91 Å². The highest BCUT2D eigenvalue weighted by molar-refractivity contribution is 6.35. The first-order valence-corrected chi connectivity index (χ1v) is 10.1. The molecule has 0 aliphatic heterocycles. The van der Waals surface area contributed by atoms with E-state index in [1.807, 2.05) is 0 Å². The minimum absolute atomic E-state index is 0.0291. The summed E-state index contributed by atoms with van der Waals surface area (Å²) in [5, 5.41) is 4.33. The molecule has 29 heavy (non-hydrogen) atoms. The lowest BCUT2D eigenvalue weighted by molar-refractivity contribution is -0.152. The van der Waals surface area contributed by atoms with Crippen LogP contribution in [0, 0.1) is 0 Å². The van der Waals surface area contributed by atoms with Crippen LogP contribution in [0.3, 0.4) is 0 Å². The fourth-order valence-corrected chi connectivity index (χ4v) is 3.90. The van der Waals surface area contributed by atoms with Gasteiger partial charge in [0, 0.05) is 16.0 Å². The number of amides is 1. The van der Waals surface area contributed by atoms with E-state index in [1.54, 1.807) is 18.4 Å². The smallest absolute Gasteiger partial charge is 0.311 e. The van der Waals surface area contributed by atoms with Gasteiger partial charge in [-0.25, -0.2) is 0 Å². The minimum Gasteiger partial charge on any atom is -0.464 e. The fraction of sp³-hybridized carbons (Fsp3) is 0.273. The number of hydrogen-bond acceptors (Lipinski definition) is 4. The quantitative estimate of drug-likeness (QED) is 0.553. The summed E-state index contributed by atoms with van der Waals surface area (Å²) in [6.07, 6.45) is 3.87. The average Bonchev–Trinajstić information content (AvgIpc) is 3.29. The molecule has 1 aliphatic rings. The summed E-state index contributed by atoms with van der Waals surface area (Å²) >= 11 is 12.0. The van der Waals surface area contributed by atoms with Gasteiger partial charge in [-0.15, -0.1) is 0 Å². The van der Waals surface area contributed by atoms with Crippen molar-refractivity contribution in [2.45, 2.75) is 38.7 Å². The highest BCUT2D eigenvalue weighted by Gasteiger charge is 2.21. The number of carbonyl (C=O) groups excluding carboxylic acids is 2. The van der Waals surface area contributed by atoms with Crippen molar-refractivity contribution in [1.29, 1.82) is 0 Å². The molecule has 150 valence electrons. The zero-order valence-corrected chi connectivity index (χ0v) is 17.3. The van der Waals surface area contributed by atoms with Crippen LogP contribution in [0.4, 0.5) is 5.69 Å². The number of halogens is 2. The number of anilines is 1. The lowest BCUT2D eigenvalue weighted by atomic mass is 10.0. The fourth-order valence-electron chi connectivity index (χ4n) is 3.56. The number of fused-ring (bicyclic) bond motifs is 2. The Bertz CT molecular complexity index is 1110. The lowest BCUT2D eigenvalue weighted by Gasteiger charge is -2.14. The van der Waals surface area contributed by atoms with Gasteiger partial charge in [-0.3, -0.25) is 9.59 Å². The number of aryl methyl sites for hydroxylation is 2. The number of benzene rings is 2. The molecule has 1 aromatic heterocycles. The Balaban J connectivity index is 1.41. The van der Waals surface area contributed by atoms with Gasteiger partial charge < -0.3 is 14.5 Å². The van der Waals surface area contributed by atoms with Crippen LogP contribution < -0.4 is 5.32 Å². The van der Waals surface area contributed by atoms with E-state index in [9.17, 15) is 9.59 Å². The van der Waals surface area contributed by atoms with Gasteiger partial charge in [0.2, 0.25) is 0 Å². The van der Waals surface area contributed by atoms with Gasteiger partial charge in [0.05, 0.1) is 23.4 Å². The van der Waals surface area contributed by atoms with Crippen LogP contribution in [0.1, 0.15) is 30.0 Å². The molecular weight excluding hydrogens is 413 g/mol. The van der Waals surface area contributed by atoms with E-state index in [0.717, 1.165) is 35.8 Å². The number of nitrogens with one attached hydrogen (secondary N) is 1. The van der Waals surface area contributed by atoms with E-state index >= 15 is 0 Å². The molecule has 1 amide bonds. The molecule has 0 radical (unpaired) electrons. The first kappa shape index (κ1) is 19.8. The third-order valence-corrected chi connectivity index (χ3v) is 5.63. The summed E-state index contributed by atoms with van der Waals surface area (Å²) < 4.78 is 10.9. The number of furan rings is 1. The molecule has 0 unspecified atom stereocenters. The van der Waals surface area contributed by atoms with Gasteiger partial charge in [-0.05, 0) is 67.6 Å². The van der Waals surface area contributed by atoms with Gasteiger partial charge in [0.15, 0.2) is 6.10 Å². The standard InChI is InChI=1S/C22H19Cl2NO4/c1-12(22(27)25-19-10-16(23)5-6-18(19)24)29-21(26)9-15-11-28-20-8-14-4-2-3-13(14)7-17(15)20/h5-8,10-12H,2-4,9H2,1H3,(H,25,27)/t12-/m0/s1. The van der Waals surface area contributed by atoms with Crippen LogP contribution in [0.2, 0.25) is 10.0 Å². The Kier molecular flexibility index (Phi) is 5.52. The van der Waals surface area contributed by atoms with Crippen molar-refractivity contribution in [3.8, 4) is 0 Å². The van der Waals surface area contributed by atoms with Crippen molar-refractivity contribution in [3.05, 3.63) is 63.3 Å². The Morgan fingerprint density at radius 1 is 1.17 bits per heavy atom. The van der Waals surface area contributed by atoms with E-state index in [1.165, 1.54) is 24.1 Å². The van der Waals surface area contributed by atoms with Crippen LogP contribution in [-0.4, -0.2) is 18.0 Å². The van der Waals surface area contributed by atoms with E-state index in [0.29, 0.717) is 15.7 Å². The zero-order valence-electron chi connectivity index (χ0n) is 15.8. The molecule has 1 aliphatic carbocycles. The molecule has 0 spiro atoms. The summed E-state index contributed by atoms with van der Waals surface area (Å²) in [6.45, 7) is 1.51. The minimum atomic E-state index is -0.986. The molecule has 3 aromatic rings. The molecule has 0 saturated heterocycles. The second kappa shape index (κ2) is 8.09. The monoisotopic (exact) mass is 431 g/mol. The number of esters is 1. The maximum absolute atomic E-state index is 12.4. The third-order valence-electron chi connectivity index (χ3n) is 5.07. The largest absolute Gasteiger partial charge is 0.464 e. The number of rotatable bonds is 5. The van der Waals surface area contributed by atoms with Crippen molar-refractivity contribution in [2.75, 3.05) is 5.32 Å². The van der Waals surface area contributed by atoms with Crippen LogP contribution in [0.5, 0.6) is 0 Å². The molecule has 1 heterocycles. The highest BCUT2D eigenvalue weighted by atomic mass is 35.5. The summed E-state index contributed by atoms with van der Waals surface area (Å²) in [5.41, 5.74) is 4.51. The maximum Gasteiger partial charge on any atom is 0.311 e. The van der Waals surface area contributed by atoms with E-state index in [2.05, 4.69) is 17.4 Å². The van der Waals surface area contributed by atoms with E-state index in [-0.39, 0.29) is 6.42 Å². The molecule has 0 saturated carbocycles. The van der Waals surface area contributed by atoms with E-state index < -0.39 is 18.0 Å². The number of carbonyl (C=O) groups is 2. The predicted octanol–water partition coefficient (Wildman–Crippen LogP) is 5.34. The Morgan fingerprint density at radius 2 is 1.93 bits per heavy atom. The highest BCUT2D eigenvalue weighted by Crippen LogP contribution is 2.31. The third kappa shape index (κ3) is 4.26. The molecule has 2 aromatic carbocycles. The van der Waals surface area contributed by atoms with Crippen LogP contribution >= 0.6 is 23.2 Å². The summed E-state index contributed by atoms with van der Waals surface area (Å²) in [5.74, 6) is -0.995. The van der Waals surface area contributed by atoms with Gasteiger partial charge in [-0.1, -0.05) is 23.2 Å². The SMILES string of the molecule is C[C@H](OC(=O)Cc1coc2cc3c(cc12)CCC3)C(=O)Nc1cc(Cl)ccc1Cl. The van der Waals surface area contributed by atoms with Crippen molar-refractivity contribution in [3.63, 3.8) is 0 Å².